The second-order valence-electron chi connectivity index (χ2n) is 2.43. The highest BCUT2D eigenvalue weighted by molar-refractivity contribution is 6.30. The van der Waals surface area contributed by atoms with Gasteiger partial charge in [-0.2, -0.15) is 5.26 Å². The number of rotatable bonds is 2. The van der Waals surface area contributed by atoms with Gasteiger partial charge in [-0.15, -0.1) is 0 Å². The molecule has 1 rings (SSSR count). The molecule has 0 bridgehead atoms. The molecule has 0 fully saturated rings. The molecule has 0 N–H and O–H groups in total. The molecule has 0 unspecified atom stereocenters. The van der Waals surface area contributed by atoms with E-state index in [9.17, 15) is 13.2 Å². The molecule has 0 amide bonds. The minimum atomic E-state index is -2.96. The number of alkyl halides is 2. The van der Waals surface area contributed by atoms with E-state index >= 15 is 0 Å². The van der Waals surface area contributed by atoms with Crippen LogP contribution in [0, 0.1) is 17.1 Å². The highest BCUT2D eigenvalue weighted by Crippen LogP contribution is 2.26. The molecular formula is C8H4ClF3N2. The number of hydrogen-bond acceptors (Lipinski definition) is 2. The maximum atomic E-state index is 13.2. The van der Waals surface area contributed by atoms with Crippen molar-refractivity contribution >= 4 is 11.6 Å². The Hall–Kier alpha value is -1.28. The largest absolute Gasteiger partial charge is 0.268 e. The number of pyridine rings is 1. The second kappa shape index (κ2) is 4.29. The van der Waals surface area contributed by atoms with Crippen molar-refractivity contribution < 1.29 is 13.2 Å². The molecule has 74 valence electrons. The zero-order valence-electron chi connectivity index (χ0n) is 6.77. The average molecular weight is 221 g/mol. The average Bonchev–Trinajstić information content (AvgIpc) is 2.11. The third-order valence-electron chi connectivity index (χ3n) is 1.58. The van der Waals surface area contributed by atoms with Crippen LogP contribution in [0.4, 0.5) is 13.2 Å². The number of nitrogens with zero attached hydrogens (tertiary/aromatic N) is 2. The molecule has 0 aliphatic heterocycles. The van der Waals surface area contributed by atoms with Crippen molar-refractivity contribution in [3.05, 3.63) is 28.3 Å². The van der Waals surface area contributed by atoms with Crippen LogP contribution in [0.2, 0.25) is 5.15 Å². The summed E-state index contributed by atoms with van der Waals surface area (Å²) in [5, 5.41) is 8.05. The van der Waals surface area contributed by atoms with Gasteiger partial charge in [0.1, 0.15) is 11.0 Å². The molecule has 0 saturated carbocycles. The van der Waals surface area contributed by atoms with Gasteiger partial charge in [0.15, 0.2) is 0 Å². The molecule has 14 heavy (non-hydrogen) atoms. The molecule has 0 saturated heterocycles. The summed E-state index contributed by atoms with van der Waals surface area (Å²) < 4.78 is 37.6. The van der Waals surface area contributed by atoms with Crippen molar-refractivity contribution in [3.8, 4) is 6.07 Å². The number of nitriles is 1. The van der Waals surface area contributed by atoms with Crippen LogP contribution >= 0.6 is 11.6 Å². The first-order valence-electron chi connectivity index (χ1n) is 3.55. The van der Waals surface area contributed by atoms with E-state index in [-0.39, 0.29) is 17.1 Å². The second-order valence-corrected chi connectivity index (χ2v) is 2.79. The SMILES string of the molecule is N#CCc1c(Cl)ncc(C(F)F)c1F. The van der Waals surface area contributed by atoms with Crippen LogP contribution in [0.25, 0.3) is 0 Å². The maximum absolute atomic E-state index is 13.2. The van der Waals surface area contributed by atoms with Gasteiger partial charge in [-0.05, 0) is 0 Å². The third-order valence-corrected chi connectivity index (χ3v) is 1.90. The minimum absolute atomic E-state index is 0.256. The summed E-state index contributed by atoms with van der Waals surface area (Å²) in [4.78, 5) is 3.37. The van der Waals surface area contributed by atoms with E-state index in [0.29, 0.717) is 6.20 Å². The summed E-state index contributed by atoms with van der Waals surface area (Å²) in [6, 6.07) is 1.62. The van der Waals surface area contributed by atoms with Crippen LogP contribution in [-0.2, 0) is 6.42 Å². The summed E-state index contributed by atoms with van der Waals surface area (Å²) >= 11 is 5.44. The Morgan fingerprint density at radius 1 is 1.57 bits per heavy atom. The van der Waals surface area contributed by atoms with Crippen molar-refractivity contribution in [1.82, 2.24) is 4.98 Å². The normalized spacial score (nSPS) is 10.3. The Labute approximate surface area is 82.9 Å². The van der Waals surface area contributed by atoms with Crippen molar-refractivity contribution in [2.24, 2.45) is 0 Å². The highest BCUT2D eigenvalue weighted by Gasteiger charge is 2.19. The smallest absolute Gasteiger partial charge is 0.244 e. The van der Waals surface area contributed by atoms with Gasteiger partial charge in [-0.25, -0.2) is 18.2 Å². The zero-order valence-corrected chi connectivity index (χ0v) is 7.52. The van der Waals surface area contributed by atoms with Gasteiger partial charge in [0.25, 0.3) is 6.43 Å². The van der Waals surface area contributed by atoms with Crippen LogP contribution in [-0.4, -0.2) is 4.98 Å². The molecule has 1 aromatic heterocycles. The van der Waals surface area contributed by atoms with Crippen molar-refractivity contribution in [2.75, 3.05) is 0 Å². The first-order valence-corrected chi connectivity index (χ1v) is 3.93. The van der Waals surface area contributed by atoms with E-state index < -0.39 is 17.8 Å². The van der Waals surface area contributed by atoms with E-state index in [1.807, 2.05) is 0 Å². The lowest BCUT2D eigenvalue weighted by Gasteiger charge is -2.05. The van der Waals surface area contributed by atoms with Crippen molar-refractivity contribution in [3.63, 3.8) is 0 Å². The summed E-state index contributed by atoms with van der Waals surface area (Å²) in [5.74, 6) is -1.15. The fourth-order valence-electron chi connectivity index (χ4n) is 0.907. The molecule has 0 radical (unpaired) electrons. The Bertz CT molecular complexity index is 387. The number of halogens is 4. The summed E-state index contributed by atoms with van der Waals surface area (Å²) in [5.41, 5.74) is -1.12. The number of hydrogen-bond donors (Lipinski definition) is 0. The third kappa shape index (κ3) is 1.96. The summed E-state index contributed by atoms with van der Waals surface area (Å²) in [6.45, 7) is 0. The lowest BCUT2D eigenvalue weighted by Crippen LogP contribution is -2.00. The molecule has 1 aromatic rings. The highest BCUT2D eigenvalue weighted by atomic mass is 35.5. The lowest BCUT2D eigenvalue weighted by atomic mass is 10.1. The Morgan fingerprint density at radius 2 is 2.21 bits per heavy atom. The van der Waals surface area contributed by atoms with Crippen LogP contribution in [0.15, 0.2) is 6.20 Å². The van der Waals surface area contributed by atoms with Crippen LogP contribution < -0.4 is 0 Å². The fourth-order valence-corrected chi connectivity index (χ4v) is 1.11. The Morgan fingerprint density at radius 3 is 2.71 bits per heavy atom. The van der Waals surface area contributed by atoms with E-state index in [2.05, 4.69) is 4.98 Å². The molecule has 2 nitrogen and oxygen atoms in total. The zero-order chi connectivity index (χ0) is 10.7. The van der Waals surface area contributed by atoms with Gasteiger partial charge < -0.3 is 0 Å². The topological polar surface area (TPSA) is 36.7 Å². The van der Waals surface area contributed by atoms with Crippen LogP contribution in [0.1, 0.15) is 17.6 Å². The Balaban J connectivity index is 3.27. The van der Waals surface area contributed by atoms with Crippen LogP contribution in [0.5, 0.6) is 0 Å². The van der Waals surface area contributed by atoms with Gasteiger partial charge in [-0.1, -0.05) is 11.6 Å². The minimum Gasteiger partial charge on any atom is -0.244 e. The van der Waals surface area contributed by atoms with Crippen molar-refractivity contribution in [2.45, 2.75) is 12.8 Å². The monoisotopic (exact) mass is 220 g/mol. The van der Waals surface area contributed by atoms with Gasteiger partial charge in [0.05, 0.1) is 18.1 Å². The molecule has 0 spiro atoms. The molecular weight excluding hydrogens is 217 g/mol. The standard InChI is InChI=1S/C8H4ClF3N2/c9-7-4(1-2-13)6(10)5(3-14-7)8(11)12/h3,8H,1H2. The van der Waals surface area contributed by atoms with E-state index in [1.54, 1.807) is 6.07 Å². The van der Waals surface area contributed by atoms with Gasteiger partial charge >= 0.3 is 0 Å². The summed E-state index contributed by atoms with van der Waals surface area (Å²) in [7, 11) is 0. The van der Waals surface area contributed by atoms with Gasteiger partial charge in [0.2, 0.25) is 0 Å². The van der Waals surface area contributed by atoms with E-state index in [4.69, 9.17) is 16.9 Å². The summed E-state index contributed by atoms with van der Waals surface area (Å²) in [6.07, 6.45) is -2.67. The van der Waals surface area contributed by atoms with Crippen molar-refractivity contribution in [1.29, 1.82) is 5.26 Å². The molecule has 0 aliphatic carbocycles. The Kier molecular flexibility index (Phi) is 3.31. The van der Waals surface area contributed by atoms with Crippen LogP contribution in [0.3, 0.4) is 0 Å². The molecule has 0 aliphatic rings. The van der Waals surface area contributed by atoms with E-state index in [0.717, 1.165) is 0 Å². The van der Waals surface area contributed by atoms with E-state index in [1.165, 1.54) is 0 Å². The van der Waals surface area contributed by atoms with Gasteiger partial charge in [0, 0.05) is 11.8 Å². The fraction of sp³-hybridized carbons (Fsp3) is 0.250. The number of aromatic nitrogens is 1. The molecule has 1 heterocycles. The first kappa shape index (κ1) is 10.8. The maximum Gasteiger partial charge on any atom is 0.268 e. The molecule has 6 heteroatoms. The molecule has 0 atom stereocenters. The molecule has 0 aromatic carbocycles. The predicted octanol–water partition coefficient (Wildman–Crippen LogP) is 2.88. The van der Waals surface area contributed by atoms with Gasteiger partial charge in [-0.3, -0.25) is 0 Å². The quantitative estimate of drug-likeness (QED) is 0.719. The lowest BCUT2D eigenvalue weighted by molar-refractivity contribution is 0.145. The predicted molar refractivity (Wildman–Crippen MR) is 43.5 cm³/mol. The first-order chi connectivity index (χ1) is 6.57.